The highest BCUT2D eigenvalue weighted by atomic mass is 35.5. The van der Waals surface area contributed by atoms with Crippen molar-refractivity contribution in [1.82, 2.24) is 0 Å². The Morgan fingerprint density at radius 3 is 2.55 bits per heavy atom. The summed E-state index contributed by atoms with van der Waals surface area (Å²) in [5.41, 5.74) is 1.32. The number of aliphatic hydroxyl groups excluding tert-OH is 5. The number of fused-ring (bicyclic) bond motifs is 1. The van der Waals surface area contributed by atoms with Crippen molar-refractivity contribution in [3.63, 3.8) is 0 Å². The Hall–Kier alpha value is -1.52. The molecule has 9 heteroatoms. The molecule has 2 aliphatic carbocycles. The number of esters is 1. The Labute approximate surface area is 229 Å². The zero-order valence-corrected chi connectivity index (χ0v) is 23.1. The van der Waals surface area contributed by atoms with Gasteiger partial charge < -0.3 is 35.0 Å². The molecule has 2 heterocycles. The molecular weight excluding hydrogens is 512 g/mol. The molecule has 0 amide bonds. The smallest absolute Gasteiger partial charge is 0.343 e. The minimum atomic E-state index is -1.26. The van der Waals surface area contributed by atoms with E-state index in [1.807, 2.05) is 13.0 Å². The SMILES string of the molecule is C=C1CCC2[C@](C)(CO)[C@H](O)CC[C@@]2(C)[C@@H]1/C=C/C1=CC(=C(/C)C[C@@H]2O[C@H](CO)[C@H](Cl)[C@H](O)[C@H]2O)/OC1=O. The van der Waals surface area contributed by atoms with E-state index in [9.17, 15) is 30.3 Å². The molecule has 0 aromatic carbocycles. The number of halogens is 1. The third kappa shape index (κ3) is 5.05. The molecule has 4 aliphatic rings. The zero-order valence-electron chi connectivity index (χ0n) is 22.3. The number of rotatable bonds is 6. The summed E-state index contributed by atoms with van der Waals surface area (Å²) in [7, 11) is 0. The lowest BCUT2D eigenvalue weighted by atomic mass is 9.46. The lowest BCUT2D eigenvalue weighted by Gasteiger charge is -2.59. The highest BCUT2D eigenvalue weighted by Gasteiger charge is 2.57. The molecule has 5 N–H and O–H groups in total. The van der Waals surface area contributed by atoms with Crippen LogP contribution < -0.4 is 0 Å². The van der Waals surface area contributed by atoms with Gasteiger partial charge in [-0.3, -0.25) is 0 Å². The van der Waals surface area contributed by atoms with Crippen molar-refractivity contribution < 1.29 is 39.8 Å². The van der Waals surface area contributed by atoms with Gasteiger partial charge in [0.15, 0.2) is 0 Å². The van der Waals surface area contributed by atoms with E-state index in [0.717, 1.165) is 24.8 Å². The minimum Gasteiger partial charge on any atom is -0.423 e. The van der Waals surface area contributed by atoms with Crippen LogP contribution in [0.1, 0.15) is 52.9 Å². The average molecular weight is 553 g/mol. The van der Waals surface area contributed by atoms with E-state index < -0.39 is 53.9 Å². The van der Waals surface area contributed by atoms with Gasteiger partial charge in [-0.2, -0.15) is 0 Å². The molecule has 4 rings (SSSR count). The zero-order chi connectivity index (χ0) is 28.0. The van der Waals surface area contributed by atoms with Crippen LogP contribution in [-0.4, -0.2) is 80.6 Å². The largest absolute Gasteiger partial charge is 0.423 e. The van der Waals surface area contributed by atoms with E-state index in [4.69, 9.17) is 21.1 Å². The van der Waals surface area contributed by atoms with Gasteiger partial charge >= 0.3 is 5.97 Å². The molecule has 2 aliphatic heterocycles. The molecule has 38 heavy (non-hydrogen) atoms. The van der Waals surface area contributed by atoms with E-state index in [1.54, 1.807) is 19.1 Å². The molecular formula is C29H41ClO8. The predicted molar refractivity (Wildman–Crippen MR) is 142 cm³/mol. The van der Waals surface area contributed by atoms with Crippen LogP contribution in [0.4, 0.5) is 0 Å². The molecule has 10 atom stereocenters. The topological polar surface area (TPSA) is 137 Å². The maximum Gasteiger partial charge on any atom is 0.343 e. The first-order chi connectivity index (χ1) is 17.9. The summed E-state index contributed by atoms with van der Waals surface area (Å²) >= 11 is 6.06. The third-order valence-electron chi connectivity index (χ3n) is 9.62. The lowest BCUT2D eigenvalue weighted by Crippen LogP contribution is -2.57. The van der Waals surface area contributed by atoms with Crippen LogP contribution in [0.3, 0.4) is 0 Å². The standard InChI is InChI=1S/C29H41ClO8/c1-15-5-8-22-28(3,10-9-23(33)29(22,4)14-32)18(15)7-6-17-12-19(38-27(17)36)16(2)11-20-25(34)26(35)24(30)21(13-31)37-20/h6-7,12,18,20-26,31-35H,1,5,8-11,13-14H2,2-4H3/b7-6+,19-16+/t18-,20+,21-,22?,23-,24+,25+,26+,28+,29+/m1/s1. The van der Waals surface area contributed by atoms with Gasteiger partial charge in [-0.25, -0.2) is 4.79 Å². The molecule has 0 aromatic heterocycles. The summed E-state index contributed by atoms with van der Waals surface area (Å²) in [6.07, 6.45) is 3.95. The number of carbonyl (C=O) groups is 1. The van der Waals surface area contributed by atoms with Crippen LogP contribution in [0, 0.1) is 22.7 Å². The Morgan fingerprint density at radius 2 is 1.89 bits per heavy atom. The average Bonchev–Trinajstić information content (AvgIpc) is 3.26. The summed E-state index contributed by atoms with van der Waals surface area (Å²) < 4.78 is 11.2. The van der Waals surface area contributed by atoms with Crippen LogP contribution in [0.2, 0.25) is 0 Å². The molecule has 2 saturated carbocycles. The number of aliphatic hydroxyl groups is 5. The molecule has 212 valence electrons. The van der Waals surface area contributed by atoms with E-state index >= 15 is 0 Å². The fourth-order valence-electron chi connectivity index (χ4n) is 7.13. The number of ether oxygens (including phenoxy) is 2. The van der Waals surface area contributed by atoms with Crippen LogP contribution in [0.25, 0.3) is 0 Å². The summed E-state index contributed by atoms with van der Waals surface area (Å²) in [5.74, 6) is -0.0433. The minimum absolute atomic E-state index is 0.0198. The Balaban J connectivity index is 1.54. The second kappa shape index (κ2) is 11.2. The second-order valence-electron chi connectivity index (χ2n) is 12.0. The third-order valence-corrected chi connectivity index (χ3v) is 10.2. The Morgan fingerprint density at radius 1 is 1.18 bits per heavy atom. The predicted octanol–water partition coefficient (Wildman–Crippen LogP) is 2.52. The Kier molecular flexibility index (Phi) is 8.65. The highest BCUT2D eigenvalue weighted by Crippen LogP contribution is 2.61. The van der Waals surface area contributed by atoms with Crippen molar-refractivity contribution in [2.75, 3.05) is 13.2 Å². The lowest BCUT2D eigenvalue weighted by molar-refractivity contribution is -0.173. The normalized spacial score (nSPS) is 45.1. The van der Waals surface area contributed by atoms with Crippen LogP contribution in [0.5, 0.6) is 0 Å². The number of hydrogen-bond donors (Lipinski definition) is 5. The van der Waals surface area contributed by atoms with Crippen molar-refractivity contribution >= 4 is 17.6 Å². The second-order valence-corrected chi connectivity index (χ2v) is 12.5. The quantitative estimate of drug-likeness (QED) is 0.193. The van der Waals surface area contributed by atoms with E-state index in [-0.39, 0.29) is 30.3 Å². The number of alkyl halides is 1. The highest BCUT2D eigenvalue weighted by molar-refractivity contribution is 6.21. The summed E-state index contributed by atoms with van der Waals surface area (Å²) in [6, 6.07) is 0. The molecule has 0 radical (unpaired) electrons. The fourth-order valence-corrected chi connectivity index (χ4v) is 7.42. The maximum atomic E-state index is 12.7. The number of carbonyl (C=O) groups excluding carboxylic acids is 1. The van der Waals surface area contributed by atoms with Crippen LogP contribution >= 0.6 is 11.6 Å². The van der Waals surface area contributed by atoms with Gasteiger partial charge in [0.25, 0.3) is 0 Å². The van der Waals surface area contributed by atoms with Crippen molar-refractivity contribution in [3.8, 4) is 0 Å². The van der Waals surface area contributed by atoms with E-state index in [1.165, 1.54) is 0 Å². The number of cyclic esters (lactones) is 1. The summed E-state index contributed by atoms with van der Waals surface area (Å²) in [4.78, 5) is 12.7. The van der Waals surface area contributed by atoms with Crippen molar-refractivity contribution in [3.05, 3.63) is 47.3 Å². The molecule has 0 aromatic rings. The van der Waals surface area contributed by atoms with Gasteiger partial charge in [0, 0.05) is 17.8 Å². The van der Waals surface area contributed by atoms with Gasteiger partial charge in [-0.1, -0.05) is 38.2 Å². The van der Waals surface area contributed by atoms with Crippen molar-refractivity contribution in [2.24, 2.45) is 22.7 Å². The molecule has 8 nitrogen and oxygen atoms in total. The fraction of sp³-hybridized carbons (Fsp3) is 0.690. The van der Waals surface area contributed by atoms with Gasteiger partial charge in [-0.15, -0.1) is 11.6 Å². The monoisotopic (exact) mass is 552 g/mol. The first-order valence-electron chi connectivity index (χ1n) is 13.4. The van der Waals surface area contributed by atoms with Crippen LogP contribution in [-0.2, 0) is 14.3 Å². The first kappa shape index (κ1) is 29.5. The first-order valence-corrected chi connectivity index (χ1v) is 13.9. The van der Waals surface area contributed by atoms with Gasteiger partial charge in [0.1, 0.15) is 18.0 Å². The summed E-state index contributed by atoms with van der Waals surface area (Å²) in [6.45, 7) is 9.77. The molecule has 0 spiro atoms. The van der Waals surface area contributed by atoms with Crippen molar-refractivity contribution in [2.45, 2.75) is 88.8 Å². The Bertz CT molecular complexity index is 1030. The molecule has 0 bridgehead atoms. The van der Waals surface area contributed by atoms with E-state index in [2.05, 4.69) is 13.5 Å². The molecule has 1 unspecified atom stereocenters. The van der Waals surface area contributed by atoms with E-state index in [0.29, 0.717) is 23.3 Å². The van der Waals surface area contributed by atoms with Gasteiger partial charge in [-0.05, 0) is 55.6 Å². The summed E-state index contributed by atoms with van der Waals surface area (Å²) in [5, 5.41) is 50.1. The number of allylic oxidation sites excluding steroid dienone is 3. The van der Waals surface area contributed by atoms with Gasteiger partial charge in [0.2, 0.25) is 0 Å². The molecule has 1 saturated heterocycles. The van der Waals surface area contributed by atoms with Crippen LogP contribution in [0.15, 0.2) is 47.3 Å². The number of hydrogen-bond acceptors (Lipinski definition) is 8. The molecule has 3 fully saturated rings. The van der Waals surface area contributed by atoms with Gasteiger partial charge in [0.05, 0.1) is 42.5 Å². The maximum absolute atomic E-state index is 12.7. The van der Waals surface area contributed by atoms with Crippen molar-refractivity contribution in [1.29, 1.82) is 0 Å².